The number of piperidine rings is 1. The first kappa shape index (κ1) is 19.2. The van der Waals surface area contributed by atoms with Crippen LogP contribution in [0.3, 0.4) is 0 Å². The van der Waals surface area contributed by atoms with Gasteiger partial charge < -0.3 is 4.57 Å². The number of fused-ring (bicyclic) bond motifs is 1. The zero-order chi connectivity index (χ0) is 20.3. The highest BCUT2D eigenvalue weighted by Gasteiger charge is 2.22. The van der Waals surface area contributed by atoms with Gasteiger partial charge in [0.15, 0.2) is 0 Å². The fourth-order valence-corrected chi connectivity index (χ4v) is 4.68. The summed E-state index contributed by atoms with van der Waals surface area (Å²) in [5, 5.41) is 0. The maximum Gasteiger partial charge on any atom is 0.253 e. The fraction of sp³-hybridized carbons (Fsp3) is 0.478. The van der Waals surface area contributed by atoms with Gasteiger partial charge >= 0.3 is 0 Å². The van der Waals surface area contributed by atoms with Crippen molar-refractivity contribution in [3.63, 3.8) is 0 Å². The topological polar surface area (TPSA) is 68.8 Å². The molecule has 0 aromatic carbocycles. The summed E-state index contributed by atoms with van der Waals surface area (Å²) in [6.45, 7) is 4.92. The second kappa shape index (κ2) is 8.52. The maximum atomic E-state index is 12.6. The Bertz CT molecular complexity index is 1050. The number of hydrogen-bond donors (Lipinski definition) is 0. The molecule has 0 N–H and O–H groups in total. The van der Waals surface area contributed by atoms with Gasteiger partial charge in [0.05, 0.1) is 18.6 Å². The molecular formula is C23H28N6O. The minimum Gasteiger partial charge on any atom is -0.331 e. The van der Waals surface area contributed by atoms with Crippen molar-refractivity contribution in [2.24, 2.45) is 5.92 Å². The fourth-order valence-electron chi connectivity index (χ4n) is 4.68. The average molecular weight is 405 g/mol. The second-order valence-electron chi connectivity index (χ2n) is 8.49. The summed E-state index contributed by atoms with van der Waals surface area (Å²) in [6.07, 6.45) is 13.1. The molecule has 3 aromatic rings. The summed E-state index contributed by atoms with van der Waals surface area (Å²) in [5.41, 5.74) is 3.04. The van der Waals surface area contributed by atoms with Crippen molar-refractivity contribution in [2.75, 3.05) is 13.1 Å². The number of nitrogens with zero attached hydrogens (tertiary/aromatic N) is 6. The van der Waals surface area contributed by atoms with Crippen molar-refractivity contribution < 1.29 is 0 Å². The molecule has 1 fully saturated rings. The molecular weight excluding hydrogens is 376 g/mol. The number of likely N-dealkylation sites (tertiary alicyclic amines) is 1. The lowest BCUT2D eigenvalue weighted by Crippen LogP contribution is -2.36. The van der Waals surface area contributed by atoms with Crippen LogP contribution in [0.2, 0.25) is 0 Å². The zero-order valence-corrected chi connectivity index (χ0v) is 17.3. The van der Waals surface area contributed by atoms with E-state index in [1.165, 1.54) is 24.4 Å². The molecule has 2 aliphatic heterocycles. The van der Waals surface area contributed by atoms with E-state index >= 15 is 0 Å². The summed E-state index contributed by atoms with van der Waals surface area (Å²) >= 11 is 0. The monoisotopic (exact) mass is 404 g/mol. The van der Waals surface area contributed by atoms with E-state index in [0.29, 0.717) is 11.6 Å². The Morgan fingerprint density at radius 1 is 1.03 bits per heavy atom. The lowest BCUT2D eigenvalue weighted by molar-refractivity contribution is 0.161. The molecule has 30 heavy (non-hydrogen) atoms. The van der Waals surface area contributed by atoms with E-state index in [2.05, 4.69) is 30.6 Å². The molecule has 0 atom stereocenters. The van der Waals surface area contributed by atoms with Gasteiger partial charge in [-0.15, -0.1) is 0 Å². The Morgan fingerprint density at radius 3 is 2.67 bits per heavy atom. The standard InChI is InChI=1S/C23H28N6O/c30-23-13-21(19-4-8-24-9-5-19)26-17-28(23)15-18-6-11-27(12-7-18)16-22-25-14-20-3-1-2-10-29(20)22/h4-5,8-9,13-14,17-18H,1-3,6-7,10-12,15-16H2. The smallest absolute Gasteiger partial charge is 0.253 e. The predicted molar refractivity (Wildman–Crippen MR) is 115 cm³/mol. The summed E-state index contributed by atoms with van der Waals surface area (Å²) < 4.78 is 4.18. The van der Waals surface area contributed by atoms with Gasteiger partial charge in [-0.2, -0.15) is 0 Å². The van der Waals surface area contributed by atoms with Crippen LogP contribution in [-0.4, -0.2) is 42.1 Å². The number of aryl methyl sites for hydroxylation is 1. The third kappa shape index (κ3) is 4.07. The minimum absolute atomic E-state index is 0.0169. The Kier molecular flexibility index (Phi) is 5.45. The molecule has 156 valence electrons. The molecule has 3 aromatic heterocycles. The van der Waals surface area contributed by atoms with Crippen LogP contribution in [-0.2, 0) is 26.1 Å². The summed E-state index contributed by atoms with van der Waals surface area (Å²) in [4.78, 5) is 28.3. The molecule has 5 heterocycles. The van der Waals surface area contributed by atoms with E-state index < -0.39 is 0 Å². The van der Waals surface area contributed by atoms with Gasteiger partial charge in [-0.3, -0.25) is 19.2 Å². The predicted octanol–water partition coefficient (Wildman–Crippen LogP) is 2.75. The summed E-state index contributed by atoms with van der Waals surface area (Å²) in [6, 6.07) is 5.38. The first-order valence-electron chi connectivity index (χ1n) is 11.0. The van der Waals surface area contributed by atoms with Crippen LogP contribution in [0.1, 0.15) is 37.2 Å². The molecule has 0 spiro atoms. The number of pyridine rings is 1. The lowest BCUT2D eigenvalue weighted by Gasteiger charge is -2.32. The van der Waals surface area contributed by atoms with Crippen molar-refractivity contribution in [1.82, 2.24) is 29.0 Å². The number of hydrogen-bond acceptors (Lipinski definition) is 5. The molecule has 0 bridgehead atoms. The minimum atomic E-state index is 0.0169. The van der Waals surface area contributed by atoms with Crippen molar-refractivity contribution in [3.8, 4) is 11.3 Å². The van der Waals surface area contributed by atoms with Crippen LogP contribution >= 0.6 is 0 Å². The molecule has 7 nitrogen and oxygen atoms in total. The Morgan fingerprint density at radius 2 is 1.87 bits per heavy atom. The quantitative estimate of drug-likeness (QED) is 0.654. The SMILES string of the molecule is O=c1cc(-c2ccncc2)ncn1CC1CCN(Cc2ncc3n2CCCC3)CC1. The molecule has 5 rings (SSSR count). The van der Waals surface area contributed by atoms with E-state index in [4.69, 9.17) is 0 Å². The molecule has 7 heteroatoms. The molecule has 0 saturated carbocycles. The van der Waals surface area contributed by atoms with E-state index in [9.17, 15) is 4.79 Å². The van der Waals surface area contributed by atoms with E-state index in [0.717, 1.165) is 57.5 Å². The average Bonchev–Trinajstić information content (AvgIpc) is 3.20. The van der Waals surface area contributed by atoms with Gasteiger partial charge in [-0.05, 0) is 63.2 Å². The van der Waals surface area contributed by atoms with Crippen LogP contribution in [0, 0.1) is 5.92 Å². The van der Waals surface area contributed by atoms with Crippen LogP contribution in [0.4, 0.5) is 0 Å². The molecule has 0 amide bonds. The number of imidazole rings is 1. The van der Waals surface area contributed by atoms with E-state index in [-0.39, 0.29) is 5.56 Å². The molecule has 0 aliphatic carbocycles. The lowest BCUT2D eigenvalue weighted by atomic mass is 9.96. The van der Waals surface area contributed by atoms with Gasteiger partial charge in [0.1, 0.15) is 5.82 Å². The normalized spacial score (nSPS) is 17.7. The van der Waals surface area contributed by atoms with Crippen molar-refractivity contribution in [1.29, 1.82) is 0 Å². The second-order valence-corrected chi connectivity index (χ2v) is 8.49. The highest BCUT2D eigenvalue weighted by Crippen LogP contribution is 2.22. The van der Waals surface area contributed by atoms with Gasteiger partial charge in [0, 0.05) is 49.0 Å². The first-order chi connectivity index (χ1) is 14.8. The van der Waals surface area contributed by atoms with Crippen LogP contribution in [0.15, 0.2) is 47.9 Å². The van der Waals surface area contributed by atoms with Crippen LogP contribution in [0.5, 0.6) is 0 Å². The molecule has 0 unspecified atom stereocenters. The van der Waals surface area contributed by atoms with Gasteiger partial charge in [-0.25, -0.2) is 9.97 Å². The third-order valence-corrected chi connectivity index (χ3v) is 6.47. The summed E-state index contributed by atoms with van der Waals surface area (Å²) in [5.74, 6) is 1.73. The molecule has 2 aliphatic rings. The van der Waals surface area contributed by atoms with Crippen LogP contribution in [0.25, 0.3) is 11.3 Å². The van der Waals surface area contributed by atoms with Crippen molar-refractivity contribution in [3.05, 3.63) is 65.0 Å². The van der Waals surface area contributed by atoms with Gasteiger partial charge in [0.2, 0.25) is 0 Å². The highest BCUT2D eigenvalue weighted by atomic mass is 16.1. The zero-order valence-electron chi connectivity index (χ0n) is 17.3. The highest BCUT2D eigenvalue weighted by molar-refractivity contribution is 5.57. The Labute approximate surface area is 176 Å². The Hall–Kier alpha value is -2.80. The van der Waals surface area contributed by atoms with Crippen molar-refractivity contribution in [2.45, 2.75) is 51.7 Å². The molecule has 0 radical (unpaired) electrons. The largest absolute Gasteiger partial charge is 0.331 e. The molecule has 1 saturated heterocycles. The first-order valence-corrected chi connectivity index (χ1v) is 11.0. The van der Waals surface area contributed by atoms with E-state index in [1.54, 1.807) is 29.4 Å². The summed E-state index contributed by atoms with van der Waals surface area (Å²) in [7, 11) is 0. The Balaban J connectivity index is 1.18. The number of rotatable bonds is 5. The van der Waals surface area contributed by atoms with Crippen molar-refractivity contribution >= 4 is 0 Å². The van der Waals surface area contributed by atoms with Crippen LogP contribution < -0.4 is 5.56 Å². The number of aromatic nitrogens is 5. The van der Waals surface area contributed by atoms with Gasteiger partial charge in [-0.1, -0.05) is 0 Å². The third-order valence-electron chi connectivity index (χ3n) is 6.47. The van der Waals surface area contributed by atoms with Gasteiger partial charge in [0.25, 0.3) is 5.56 Å². The maximum absolute atomic E-state index is 12.6. The van der Waals surface area contributed by atoms with E-state index in [1.807, 2.05) is 12.1 Å².